The van der Waals surface area contributed by atoms with Gasteiger partial charge in [0, 0.05) is 12.1 Å². The zero-order chi connectivity index (χ0) is 18.1. The highest BCUT2D eigenvalue weighted by Gasteiger charge is 2.38. The van der Waals surface area contributed by atoms with Crippen molar-refractivity contribution in [1.82, 2.24) is 0 Å². The Morgan fingerprint density at radius 3 is 1.12 bits per heavy atom. The van der Waals surface area contributed by atoms with Crippen LogP contribution in [0.1, 0.15) is 34.3 Å². The highest BCUT2D eigenvalue weighted by Crippen LogP contribution is 2.40. The minimum absolute atomic E-state index is 0. The molecule has 0 aliphatic carbocycles. The van der Waals surface area contributed by atoms with Gasteiger partial charge < -0.3 is 11.5 Å². The number of nitrogens with two attached hydrogens (primary N) is 2. The second kappa shape index (κ2) is 8.94. The fourth-order valence-corrected chi connectivity index (χ4v) is 2.48. The van der Waals surface area contributed by atoms with Crippen molar-refractivity contribution in [3.63, 3.8) is 0 Å². The Bertz CT molecular complexity index is 657. The van der Waals surface area contributed by atoms with E-state index in [9.17, 15) is 26.3 Å². The van der Waals surface area contributed by atoms with Crippen LogP contribution < -0.4 is 11.5 Å². The summed E-state index contributed by atoms with van der Waals surface area (Å²) in [5.41, 5.74) is 8.84. The summed E-state index contributed by atoms with van der Waals surface area (Å²) in [5, 5.41) is 0. The molecule has 2 aromatic carbocycles. The number of benzene rings is 2. The summed E-state index contributed by atoms with van der Waals surface area (Å²) in [6.45, 7) is 0. The van der Waals surface area contributed by atoms with Gasteiger partial charge in [0.1, 0.15) is 0 Å². The zero-order valence-corrected chi connectivity index (χ0v) is 14.6. The Kier molecular flexibility index (Phi) is 8.43. The van der Waals surface area contributed by atoms with Crippen LogP contribution in [0.3, 0.4) is 0 Å². The molecule has 10 heteroatoms. The highest BCUT2D eigenvalue weighted by molar-refractivity contribution is 5.85. The lowest BCUT2D eigenvalue weighted by Gasteiger charge is -2.26. The molecule has 0 aliphatic rings. The Hall–Kier alpha value is -1.48. The molecule has 0 amide bonds. The van der Waals surface area contributed by atoms with Gasteiger partial charge in [-0.2, -0.15) is 26.3 Å². The fourth-order valence-electron chi connectivity index (χ4n) is 2.48. The van der Waals surface area contributed by atoms with E-state index in [4.69, 9.17) is 11.5 Å². The normalized spacial score (nSPS) is 14.0. The Labute approximate surface area is 158 Å². The first kappa shape index (κ1) is 24.5. The minimum Gasteiger partial charge on any atom is -0.322 e. The van der Waals surface area contributed by atoms with Gasteiger partial charge >= 0.3 is 12.4 Å². The molecule has 2 aromatic rings. The maximum absolute atomic E-state index is 13.1. The van der Waals surface area contributed by atoms with Crippen LogP contribution in [0, 0.1) is 0 Å². The monoisotopic (exact) mass is 420 g/mol. The van der Waals surface area contributed by atoms with Crippen molar-refractivity contribution in [2.45, 2.75) is 24.4 Å². The summed E-state index contributed by atoms with van der Waals surface area (Å²) in [7, 11) is 0. The van der Waals surface area contributed by atoms with Crippen molar-refractivity contribution in [2.24, 2.45) is 11.5 Å². The van der Waals surface area contributed by atoms with Gasteiger partial charge in [-0.05, 0) is 23.3 Å². The van der Waals surface area contributed by atoms with Crippen molar-refractivity contribution in [2.75, 3.05) is 0 Å². The maximum Gasteiger partial charge on any atom is 0.416 e. The van der Waals surface area contributed by atoms with Gasteiger partial charge in [0.15, 0.2) is 0 Å². The van der Waals surface area contributed by atoms with E-state index in [1.807, 2.05) is 0 Å². The topological polar surface area (TPSA) is 52.0 Å². The second-order valence-electron chi connectivity index (χ2n) is 5.22. The minimum atomic E-state index is -4.68. The van der Waals surface area contributed by atoms with Crippen molar-refractivity contribution >= 4 is 24.8 Å². The van der Waals surface area contributed by atoms with E-state index in [-0.39, 0.29) is 35.9 Å². The third kappa shape index (κ3) is 5.26. The van der Waals surface area contributed by atoms with Gasteiger partial charge in [-0.1, -0.05) is 36.4 Å². The van der Waals surface area contributed by atoms with Gasteiger partial charge in [-0.15, -0.1) is 24.8 Å². The van der Waals surface area contributed by atoms with E-state index >= 15 is 0 Å². The fraction of sp³-hybridized carbons (Fsp3) is 0.250. The van der Waals surface area contributed by atoms with E-state index < -0.39 is 35.6 Å². The molecule has 2 rings (SSSR count). The molecule has 0 fully saturated rings. The first-order valence-corrected chi connectivity index (χ1v) is 6.87. The maximum atomic E-state index is 13.1. The summed E-state index contributed by atoms with van der Waals surface area (Å²) >= 11 is 0. The molecule has 2 nitrogen and oxygen atoms in total. The van der Waals surface area contributed by atoms with E-state index in [2.05, 4.69) is 0 Å². The largest absolute Gasteiger partial charge is 0.416 e. The van der Waals surface area contributed by atoms with Crippen molar-refractivity contribution < 1.29 is 26.3 Å². The predicted octanol–water partition coefficient (Wildman–Crippen LogP) is 5.27. The summed E-state index contributed by atoms with van der Waals surface area (Å²) in [5.74, 6) is 0. The molecule has 146 valence electrons. The Balaban J connectivity index is 0.00000312. The van der Waals surface area contributed by atoms with Crippen LogP contribution in [-0.4, -0.2) is 0 Å². The number of alkyl halides is 6. The van der Waals surface area contributed by atoms with E-state index in [1.165, 1.54) is 24.3 Å². The van der Waals surface area contributed by atoms with Crippen LogP contribution in [-0.2, 0) is 12.4 Å². The smallest absolute Gasteiger partial charge is 0.322 e. The number of hydrogen-bond acceptors (Lipinski definition) is 2. The predicted molar refractivity (Wildman–Crippen MR) is 91.2 cm³/mol. The molecular formula is C16H16Cl2F6N2. The third-order valence-electron chi connectivity index (χ3n) is 3.64. The van der Waals surface area contributed by atoms with Crippen LogP contribution in [0.25, 0.3) is 0 Å². The summed E-state index contributed by atoms with van der Waals surface area (Å²) in [6, 6.07) is 5.96. The highest BCUT2D eigenvalue weighted by atomic mass is 35.5. The molecule has 26 heavy (non-hydrogen) atoms. The van der Waals surface area contributed by atoms with Gasteiger partial charge in [-0.25, -0.2) is 0 Å². The zero-order valence-electron chi connectivity index (χ0n) is 13.0. The average Bonchev–Trinajstić information content (AvgIpc) is 2.52. The SMILES string of the molecule is Cl.Cl.N[C@@H](c1ccccc1C(F)(F)F)[C@@H](N)c1ccccc1C(F)(F)F. The second-order valence-corrected chi connectivity index (χ2v) is 5.22. The Morgan fingerprint density at radius 1 is 0.577 bits per heavy atom. The lowest BCUT2D eigenvalue weighted by molar-refractivity contribution is -0.139. The van der Waals surface area contributed by atoms with Crippen molar-refractivity contribution in [3.05, 3.63) is 70.8 Å². The van der Waals surface area contributed by atoms with E-state index in [0.717, 1.165) is 24.3 Å². The Morgan fingerprint density at radius 2 is 0.846 bits per heavy atom. The molecule has 0 aliphatic heterocycles. The standard InChI is InChI=1S/C16H14F6N2.2ClH/c17-15(18,19)11-7-3-1-5-9(11)13(23)14(24)10-6-2-4-8-12(10)16(20,21)22;;/h1-8,13-14H,23-24H2;2*1H/t13-,14-;;/m0../s1. The van der Waals surface area contributed by atoms with E-state index in [0.29, 0.717) is 0 Å². The molecule has 0 bridgehead atoms. The van der Waals surface area contributed by atoms with Gasteiger partial charge in [0.25, 0.3) is 0 Å². The molecule has 0 saturated heterocycles. The molecule has 4 N–H and O–H groups in total. The first-order valence-electron chi connectivity index (χ1n) is 6.87. The van der Waals surface area contributed by atoms with Crippen LogP contribution in [0.4, 0.5) is 26.3 Å². The van der Waals surface area contributed by atoms with Crippen LogP contribution in [0.2, 0.25) is 0 Å². The molecular weight excluding hydrogens is 405 g/mol. The van der Waals surface area contributed by atoms with Crippen LogP contribution >= 0.6 is 24.8 Å². The first-order chi connectivity index (χ1) is 11.0. The van der Waals surface area contributed by atoms with Crippen LogP contribution in [0.15, 0.2) is 48.5 Å². The molecule has 0 spiro atoms. The number of halogens is 8. The van der Waals surface area contributed by atoms with Crippen molar-refractivity contribution in [1.29, 1.82) is 0 Å². The van der Waals surface area contributed by atoms with Gasteiger partial charge in [-0.3, -0.25) is 0 Å². The molecule has 0 aromatic heterocycles. The lowest BCUT2D eigenvalue weighted by atomic mass is 9.89. The molecule has 0 heterocycles. The number of hydrogen-bond donors (Lipinski definition) is 2. The quantitative estimate of drug-likeness (QED) is 0.664. The van der Waals surface area contributed by atoms with E-state index in [1.54, 1.807) is 0 Å². The number of rotatable bonds is 3. The summed E-state index contributed by atoms with van der Waals surface area (Å²) in [4.78, 5) is 0. The molecule has 0 saturated carbocycles. The van der Waals surface area contributed by atoms with Gasteiger partial charge in [0.05, 0.1) is 11.1 Å². The third-order valence-corrected chi connectivity index (χ3v) is 3.64. The molecule has 0 radical (unpaired) electrons. The molecule has 2 atom stereocenters. The van der Waals surface area contributed by atoms with Crippen LogP contribution in [0.5, 0.6) is 0 Å². The molecule has 0 unspecified atom stereocenters. The van der Waals surface area contributed by atoms with Gasteiger partial charge in [0.2, 0.25) is 0 Å². The lowest BCUT2D eigenvalue weighted by Crippen LogP contribution is -2.30. The summed E-state index contributed by atoms with van der Waals surface area (Å²) < 4.78 is 78.4. The average molecular weight is 421 g/mol. The summed E-state index contributed by atoms with van der Waals surface area (Å²) in [6.07, 6.45) is -9.37. The van der Waals surface area contributed by atoms with Crippen molar-refractivity contribution in [3.8, 4) is 0 Å².